The molecule has 1 aliphatic carbocycles. The summed E-state index contributed by atoms with van der Waals surface area (Å²) in [4.78, 5) is 19.7. The number of carboxylic acid groups (broad SMARTS) is 1. The zero-order valence-corrected chi connectivity index (χ0v) is 12.6. The van der Waals surface area contributed by atoms with Crippen molar-refractivity contribution >= 4 is 11.8 Å². The van der Waals surface area contributed by atoms with Gasteiger partial charge in [0.15, 0.2) is 0 Å². The van der Waals surface area contributed by atoms with Crippen molar-refractivity contribution in [1.82, 2.24) is 9.97 Å². The minimum Gasteiger partial charge on any atom is -0.481 e. The highest BCUT2D eigenvalue weighted by Gasteiger charge is 2.30. The summed E-state index contributed by atoms with van der Waals surface area (Å²) in [5, 5.41) is 12.5. The molecule has 0 spiro atoms. The Balaban J connectivity index is 1.93. The predicted octanol–water partition coefficient (Wildman–Crippen LogP) is 2.57. The van der Waals surface area contributed by atoms with Gasteiger partial charge in [-0.05, 0) is 32.6 Å². The molecule has 1 heterocycles. The lowest BCUT2D eigenvalue weighted by molar-refractivity contribution is -0.144. The number of anilines is 1. The zero-order chi connectivity index (χ0) is 15.2. The van der Waals surface area contributed by atoms with Crippen LogP contribution in [0.1, 0.15) is 39.5 Å². The molecule has 1 aromatic heterocycles. The number of carboxylic acids is 1. The van der Waals surface area contributed by atoms with E-state index in [2.05, 4.69) is 15.3 Å². The zero-order valence-electron chi connectivity index (χ0n) is 12.6. The quantitative estimate of drug-likeness (QED) is 0.838. The fourth-order valence-electron chi connectivity index (χ4n) is 2.74. The van der Waals surface area contributed by atoms with Crippen molar-refractivity contribution in [3.05, 3.63) is 12.4 Å². The lowest BCUT2D eigenvalue weighted by Crippen LogP contribution is -2.31. The second-order valence-corrected chi connectivity index (χ2v) is 5.78. The Kier molecular flexibility index (Phi) is 5.36. The number of rotatable bonds is 6. The Morgan fingerprint density at radius 3 is 2.90 bits per heavy atom. The van der Waals surface area contributed by atoms with Crippen LogP contribution in [0.2, 0.25) is 0 Å². The number of aromatic nitrogens is 2. The van der Waals surface area contributed by atoms with Gasteiger partial charge in [-0.15, -0.1) is 0 Å². The second-order valence-electron chi connectivity index (χ2n) is 5.78. The van der Waals surface area contributed by atoms with Crippen LogP contribution in [0.15, 0.2) is 12.4 Å². The Morgan fingerprint density at radius 1 is 1.43 bits per heavy atom. The highest BCUT2D eigenvalue weighted by molar-refractivity contribution is 5.70. The molecule has 6 heteroatoms. The van der Waals surface area contributed by atoms with Gasteiger partial charge < -0.3 is 15.2 Å². The van der Waals surface area contributed by atoms with Crippen LogP contribution in [0.4, 0.5) is 5.82 Å². The van der Waals surface area contributed by atoms with Crippen molar-refractivity contribution in [2.75, 3.05) is 11.9 Å². The molecule has 2 N–H and O–H groups in total. The molecule has 0 bridgehead atoms. The Hall–Kier alpha value is -1.85. The van der Waals surface area contributed by atoms with Crippen molar-refractivity contribution in [3.63, 3.8) is 0 Å². The van der Waals surface area contributed by atoms with Gasteiger partial charge in [-0.3, -0.25) is 9.78 Å². The van der Waals surface area contributed by atoms with Crippen LogP contribution in [0.5, 0.6) is 5.88 Å². The van der Waals surface area contributed by atoms with E-state index in [0.29, 0.717) is 18.2 Å². The molecular formula is C15H23N3O3. The van der Waals surface area contributed by atoms with Gasteiger partial charge in [-0.2, -0.15) is 4.98 Å². The molecule has 116 valence electrons. The fraction of sp³-hybridized carbons (Fsp3) is 0.667. The summed E-state index contributed by atoms with van der Waals surface area (Å²) in [5.74, 6) is 0.308. The molecule has 21 heavy (non-hydrogen) atoms. The SMILES string of the molecule is CC(C)Oc1cncc(NCC2CCCCC2C(=O)O)n1. The highest BCUT2D eigenvalue weighted by atomic mass is 16.5. The summed E-state index contributed by atoms with van der Waals surface area (Å²) in [5.41, 5.74) is 0. The average Bonchev–Trinajstić information content (AvgIpc) is 2.45. The largest absolute Gasteiger partial charge is 0.481 e. The van der Waals surface area contributed by atoms with Crippen molar-refractivity contribution in [2.24, 2.45) is 11.8 Å². The van der Waals surface area contributed by atoms with Gasteiger partial charge in [0.1, 0.15) is 5.82 Å². The minimum atomic E-state index is -0.690. The summed E-state index contributed by atoms with van der Waals surface area (Å²) < 4.78 is 5.50. The van der Waals surface area contributed by atoms with Gasteiger partial charge >= 0.3 is 5.97 Å². The molecule has 6 nitrogen and oxygen atoms in total. The molecule has 2 unspecified atom stereocenters. The number of nitrogens with one attached hydrogen (secondary N) is 1. The van der Waals surface area contributed by atoms with Crippen LogP contribution >= 0.6 is 0 Å². The number of aliphatic carboxylic acids is 1. The van der Waals surface area contributed by atoms with Gasteiger partial charge in [0, 0.05) is 6.54 Å². The van der Waals surface area contributed by atoms with Gasteiger partial charge in [-0.25, -0.2) is 0 Å². The predicted molar refractivity (Wildman–Crippen MR) is 79.4 cm³/mol. The van der Waals surface area contributed by atoms with E-state index in [1.165, 1.54) is 0 Å². The Morgan fingerprint density at radius 2 is 2.19 bits per heavy atom. The van der Waals surface area contributed by atoms with Gasteiger partial charge in [0.25, 0.3) is 0 Å². The van der Waals surface area contributed by atoms with E-state index >= 15 is 0 Å². The maximum Gasteiger partial charge on any atom is 0.306 e. The van der Waals surface area contributed by atoms with E-state index in [1.54, 1.807) is 12.4 Å². The first-order valence-corrected chi connectivity index (χ1v) is 7.51. The Labute approximate surface area is 124 Å². The molecule has 2 rings (SSSR count). The first-order valence-electron chi connectivity index (χ1n) is 7.51. The monoisotopic (exact) mass is 293 g/mol. The number of nitrogens with zero attached hydrogens (tertiary/aromatic N) is 2. The average molecular weight is 293 g/mol. The molecule has 0 radical (unpaired) electrons. The van der Waals surface area contributed by atoms with E-state index in [-0.39, 0.29) is 17.9 Å². The number of hydrogen-bond donors (Lipinski definition) is 2. The summed E-state index contributed by atoms with van der Waals surface area (Å²) in [6, 6.07) is 0. The molecule has 2 atom stereocenters. The Bertz CT molecular complexity index is 479. The molecule has 0 saturated heterocycles. The first-order chi connectivity index (χ1) is 10.1. The first kappa shape index (κ1) is 15.5. The molecule has 1 aliphatic rings. The van der Waals surface area contributed by atoms with Crippen LogP contribution in [0.25, 0.3) is 0 Å². The number of carbonyl (C=O) groups is 1. The van der Waals surface area contributed by atoms with Crippen molar-refractivity contribution < 1.29 is 14.6 Å². The normalized spacial score (nSPS) is 22.0. The molecule has 0 aliphatic heterocycles. The maximum atomic E-state index is 11.3. The van der Waals surface area contributed by atoms with Gasteiger partial charge in [0.05, 0.1) is 24.4 Å². The van der Waals surface area contributed by atoms with E-state index in [1.807, 2.05) is 13.8 Å². The third-order valence-corrected chi connectivity index (χ3v) is 3.74. The highest BCUT2D eigenvalue weighted by Crippen LogP contribution is 2.30. The van der Waals surface area contributed by atoms with E-state index in [0.717, 1.165) is 25.7 Å². The molecule has 1 aromatic rings. The van der Waals surface area contributed by atoms with Crippen LogP contribution in [-0.2, 0) is 4.79 Å². The lowest BCUT2D eigenvalue weighted by atomic mass is 9.79. The summed E-state index contributed by atoms with van der Waals surface area (Å²) >= 11 is 0. The van der Waals surface area contributed by atoms with Crippen LogP contribution < -0.4 is 10.1 Å². The van der Waals surface area contributed by atoms with Crippen LogP contribution in [0, 0.1) is 11.8 Å². The summed E-state index contributed by atoms with van der Waals surface area (Å²) in [7, 11) is 0. The van der Waals surface area contributed by atoms with E-state index in [9.17, 15) is 9.90 Å². The smallest absolute Gasteiger partial charge is 0.306 e. The summed E-state index contributed by atoms with van der Waals surface area (Å²) in [6.45, 7) is 4.47. The standard InChI is InChI=1S/C15H23N3O3/c1-10(2)21-14-9-16-8-13(18-14)17-7-11-5-3-4-6-12(11)15(19)20/h8-12H,3-7H2,1-2H3,(H,17,18)(H,19,20). The molecule has 1 saturated carbocycles. The van der Waals surface area contributed by atoms with E-state index in [4.69, 9.17) is 4.74 Å². The van der Waals surface area contributed by atoms with Crippen molar-refractivity contribution in [2.45, 2.75) is 45.6 Å². The molecule has 0 aromatic carbocycles. The number of hydrogen-bond acceptors (Lipinski definition) is 5. The second kappa shape index (κ2) is 7.24. The molecule has 0 amide bonds. The van der Waals surface area contributed by atoms with Crippen LogP contribution in [-0.4, -0.2) is 33.7 Å². The van der Waals surface area contributed by atoms with Crippen molar-refractivity contribution in [1.29, 1.82) is 0 Å². The third kappa shape index (κ3) is 4.58. The minimum absolute atomic E-state index is 0.0456. The van der Waals surface area contributed by atoms with Gasteiger partial charge in [0.2, 0.25) is 5.88 Å². The fourth-order valence-corrected chi connectivity index (χ4v) is 2.74. The molecule has 1 fully saturated rings. The lowest BCUT2D eigenvalue weighted by Gasteiger charge is -2.28. The maximum absolute atomic E-state index is 11.3. The van der Waals surface area contributed by atoms with E-state index < -0.39 is 5.97 Å². The number of ether oxygens (including phenoxy) is 1. The van der Waals surface area contributed by atoms with Crippen molar-refractivity contribution in [3.8, 4) is 5.88 Å². The summed E-state index contributed by atoms with van der Waals surface area (Å²) in [6.07, 6.45) is 7.06. The van der Waals surface area contributed by atoms with Crippen LogP contribution in [0.3, 0.4) is 0 Å². The van der Waals surface area contributed by atoms with Gasteiger partial charge in [-0.1, -0.05) is 12.8 Å². The molecular weight excluding hydrogens is 270 g/mol. The third-order valence-electron chi connectivity index (χ3n) is 3.74. The topological polar surface area (TPSA) is 84.3 Å².